The fourth-order valence-electron chi connectivity index (χ4n) is 1.89. The highest BCUT2D eigenvalue weighted by molar-refractivity contribution is 9.10. The van der Waals surface area contributed by atoms with Crippen LogP contribution >= 0.6 is 15.9 Å². The second kappa shape index (κ2) is 4.46. The van der Waals surface area contributed by atoms with E-state index in [9.17, 15) is 4.39 Å². The number of ether oxygens (including phenoxy) is 2. The molecule has 0 radical (unpaired) electrons. The summed E-state index contributed by atoms with van der Waals surface area (Å²) in [5, 5.41) is 0. The van der Waals surface area contributed by atoms with E-state index in [2.05, 4.69) is 15.9 Å². The van der Waals surface area contributed by atoms with Gasteiger partial charge in [-0.2, -0.15) is 0 Å². The Balaban J connectivity index is 2.46. The highest BCUT2D eigenvalue weighted by Crippen LogP contribution is 2.43. The number of rotatable bonds is 4. The van der Waals surface area contributed by atoms with E-state index >= 15 is 0 Å². The van der Waals surface area contributed by atoms with E-state index in [0.717, 1.165) is 18.4 Å². The highest BCUT2D eigenvalue weighted by atomic mass is 79.9. The molecule has 1 aliphatic carbocycles. The van der Waals surface area contributed by atoms with E-state index in [-0.39, 0.29) is 11.3 Å². The van der Waals surface area contributed by atoms with Gasteiger partial charge < -0.3 is 15.2 Å². The Morgan fingerprint density at radius 3 is 2.41 bits per heavy atom. The second-order valence-corrected chi connectivity index (χ2v) is 5.29. The van der Waals surface area contributed by atoms with Crippen LogP contribution in [0.3, 0.4) is 0 Å². The number of methoxy groups -OCH3 is 2. The van der Waals surface area contributed by atoms with Gasteiger partial charge in [0, 0.05) is 11.1 Å². The summed E-state index contributed by atoms with van der Waals surface area (Å²) in [4.78, 5) is 0. The first-order chi connectivity index (χ1) is 8.00. The molecule has 5 heteroatoms. The van der Waals surface area contributed by atoms with Crippen molar-refractivity contribution in [1.29, 1.82) is 0 Å². The van der Waals surface area contributed by atoms with Crippen LogP contribution in [0, 0.1) is 5.82 Å². The third-order valence-electron chi connectivity index (χ3n) is 3.05. The lowest BCUT2D eigenvalue weighted by Gasteiger charge is -2.17. The van der Waals surface area contributed by atoms with Crippen LogP contribution in [0.1, 0.15) is 18.4 Å². The number of nitrogens with two attached hydrogens (primary N) is 1. The summed E-state index contributed by atoms with van der Waals surface area (Å²) >= 11 is 3.18. The van der Waals surface area contributed by atoms with Crippen molar-refractivity contribution >= 4 is 15.9 Å². The van der Waals surface area contributed by atoms with Crippen LogP contribution in [0.2, 0.25) is 0 Å². The Morgan fingerprint density at radius 2 is 1.94 bits per heavy atom. The minimum absolute atomic E-state index is 0.126. The van der Waals surface area contributed by atoms with Crippen molar-refractivity contribution in [2.24, 2.45) is 5.73 Å². The van der Waals surface area contributed by atoms with Gasteiger partial charge in [-0.1, -0.05) is 0 Å². The first-order valence-electron chi connectivity index (χ1n) is 5.38. The molecule has 0 saturated heterocycles. The average molecular weight is 304 g/mol. The molecular formula is C12H15BrFNO2. The molecule has 0 unspecified atom stereocenters. The van der Waals surface area contributed by atoms with Gasteiger partial charge in [0.1, 0.15) is 0 Å². The van der Waals surface area contributed by atoms with Crippen LogP contribution in [0.5, 0.6) is 11.5 Å². The molecule has 0 spiro atoms. The molecule has 2 N–H and O–H groups in total. The molecule has 2 rings (SSSR count). The van der Waals surface area contributed by atoms with E-state index in [1.165, 1.54) is 14.2 Å². The maximum Gasteiger partial charge on any atom is 0.198 e. The van der Waals surface area contributed by atoms with Gasteiger partial charge in [0.05, 0.1) is 18.7 Å². The van der Waals surface area contributed by atoms with Gasteiger partial charge >= 0.3 is 0 Å². The van der Waals surface area contributed by atoms with Gasteiger partial charge in [0.25, 0.3) is 0 Å². The fourth-order valence-corrected chi connectivity index (χ4v) is 2.35. The quantitative estimate of drug-likeness (QED) is 0.930. The molecule has 1 fully saturated rings. The molecule has 1 aromatic carbocycles. The molecule has 1 aliphatic rings. The molecule has 94 valence electrons. The number of hydrogen-bond acceptors (Lipinski definition) is 3. The monoisotopic (exact) mass is 303 g/mol. The normalized spacial score (nSPS) is 16.8. The van der Waals surface area contributed by atoms with Crippen LogP contribution in [0.15, 0.2) is 10.5 Å². The number of benzene rings is 1. The van der Waals surface area contributed by atoms with E-state index in [0.29, 0.717) is 16.6 Å². The van der Waals surface area contributed by atoms with Crippen molar-refractivity contribution in [2.75, 3.05) is 14.2 Å². The molecule has 0 atom stereocenters. The number of halogens is 2. The molecule has 17 heavy (non-hydrogen) atoms. The maximum atomic E-state index is 13.8. The first kappa shape index (κ1) is 12.6. The van der Waals surface area contributed by atoms with Crippen molar-refractivity contribution in [2.45, 2.75) is 24.8 Å². The zero-order valence-corrected chi connectivity index (χ0v) is 11.4. The Morgan fingerprint density at radius 1 is 1.35 bits per heavy atom. The summed E-state index contributed by atoms with van der Waals surface area (Å²) in [6, 6.07) is 1.71. The number of hydrogen-bond donors (Lipinski definition) is 1. The summed E-state index contributed by atoms with van der Waals surface area (Å²) in [5.74, 6) is 0.112. The van der Waals surface area contributed by atoms with Crippen molar-refractivity contribution in [1.82, 2.24) is 0 Å². The Hall–Kier alpha value is -0.810. The average Bonchev–Trinajstić information content (AvgIpc) is 3.00. The first-order valence-corrected chi connectivity index (χ1v) is 6.18. The highest BCUT2D eigenvalue weighted by Gasteiger charge is 2.39. The lowest BCUT2D eigenvalue weighted by molar-refractivity contribution is 0.332. The minimum Gasteiger partial charge on any atom is -0.492 e. The molecule has 0 aromatic heterocycles. The predicted molar refractivity (Wildman–Crippen MR) is 67.1 cm³/mol. The van der Waals surface area contributed by atoms with Crippen LogP contribution in [-0.4, -0.2) is 19.8 Å². The van der Waals surface area contributed by atoms with Crippen LogP contribution in [0.4, 0.5) is 4.39 Å². The lowest BCUT2D eigenvalue weighted by Crippen LogP contribution is -2.24. The van der Waals surface area contributed by atoms with E-state index in [1.807, 2.05) is 0 Å². The molecule has 0 amide bonds. The third kappa shape index (κ3) is 2.40. The molecule has 1 saturated carbocycles. The smallest absolute Gasteiger partial charge is 0.198 e. The van der Waals surface area contributed by atoms with Gasteiger partial charge in [0.2, 0.25) is 0 Å². The van der Waals surface area contributed by atoms with Crippen molar-refractivity contribution in [3.63, 3.8) is 0 Å². The standard InChI is InChI=1S/C12H15BrFNO2/c1-16-10-7(6-12(15)3-4-12)5-8(13)9(14)11(10)17-2/h5H,3-4,6,15H2,1-2H3. The molecular weight excluding hydrogens is 289 g/mol. The molecule has 3 nitrogen and oxygen atoms in total. The SMILES string of the molecule is COc1c(CC2(N)CC2)cc(Br)c(F)c1OC. The van der Waals surface area contributed by atoms with E-state index in [4.69, 9.17) is 15.2 Å². The van der Waals surface area contributed by atoms with Gasteiger partial charge in [-0.25, -0.2) is 4.39 Å². The van der Waals surface area contributed by atoms with Gasteiger partial charge in [-0.05, 0) is 41.3 Å². The zero-order chi connectivity index (χ0) is 12.6. The third-order valence-corrected chi connectivity index (χ3v) is 3.63. The summed E-state index contributed by atoms with van der Waals surface area (Å²) in [6.07, 6.45) is 2.66. The van der Waals surface area contributed by atoms with Crippen molar-refractivity contribution in [3.05, 3.63) is 21.9 Å². The Kier molecular flexibility index (Phi) is 3.32. The summed E-state index contributed by atoms with van der Waals surface area (Å²) in [6.45, 7) is 0. The lowest BCUT2D eigenvalue weighted by atomic mass is 10.0. The summed E-state index contributed by atoms with van der Waals surface area (Å²) in [7, 11) is 2.93. The molecule has 1 aromatic rings. The topological polar surface area (TPSA) is 44.5 Å². The van der Waals surface area contributed by atoms with Crippen molar-refractivity contribution in [3.8, 4) is 11.5 Å². The Bertz CT molecular complexity index is 447. The molecule has 0 aliphatic heterocycles. The van der Waals surface area contributed by atoms with Gasteiger partial charge in [-0.3, -0.25) is 0 Å². The zero-order valence-electron chi connectivity index (χ0n) is 9.85. The van der Waals surface area contributed by atoms with Gasteiger partial charge in [-0.15, -0.1) is 0 Å². The molecule has 0 heterocycles. The minimum atomic E-state index is -0.449. The fraction of sp³-hybridized carbons (Fsp3) is 0.500. The van der Waals surface area contributed by atoms with Gasteiger partial charge in [0.15, 0.2) is 17.3 Å². The van der Waals surface area contributed by atoms with E-state index in [1.54, 1.807) is 6.07 Å². The summed E-state index contributed by atoms with van der Waals surface area (Å²) in [5.41, 5.74) is 6.79. The van der Waals surface area contributed by atoms with Crippen LogP contribution < -0.4 is 15.2 Å². The van der Waals surface area contributed by atoms with E-state index < -0.39 is 5.82 Å². The Labute approximate surface area is 108 Å². The maximum absolute atomic E-state index is 13.8. The predicted octanol–water partition coefficient (Wildman–Crippen LogP) is 2.64. The van der Waals surface area contributed by atoms with Crippen molar-refractivity contribution < 1.29 is 13.9 Å². The largest absolute Gasteiger partial charge is 0.492 e. The molecule has 0 bridgehead atoms. The van der Waals surface area contributed by atoms with Crippen LogP contribution in [-0.2, 0) is 6.42 Å². The summed E-state index contributed by atoms with van der Waals surface area (Å²) < 4.78 is 24.5. The van der Waals surface area contributed by atoms with Crippen LogP contribution in [0.25, 0.3) is 0 Å². The second-order valence-electron chi connectivity index (χ2n) is 4.44.